The molecule has 5 nitrogen and oxygen atoms in total. The van der Waals surface area contributed by atoms with E-state index >= 15 is 0 Å². The molecule has 5 rings (SSSR count). The summed E-state index contributed by atoms with van der Waals surface area (Å²) in [6.07, 6.45) is 1.11. The Balaban J connectivity index is 0.00000231. The smallest absolute Gasteiger partial charge is 0.259 e. The van der Waals surface area contributed by atoms with Crippen LogP contribution in [0.3, 0.4) is 0 Å². The molecule has 1 atom stereocenters. The topological polar surface area (TPSA) is 37.8 Å². The molecule has 0 amide bonds. The van der Waals surface area contributed by atoms with Crippen LogP contribution in [0, 0.1) is 0 Å². The maximum absolute atomic E-state index is 5.57. The first kappa shape index (κ1) is 22.9. The average Bonchev–Trinajstić information content (AvgIpc) is 2.82. The molecule has 1 aromatic heterocycles. The number of benzene rings is 2. The van der Waals surface area contributed by atoms with Gasteiger partial charge in [0, 0.05) is 49.7 Å². The van der Waals surface area contributed by atoms with Gasteiger partial charge < -0.3 is 43.3 Å². The summed E-state index contributed by atoms with van der Waals surface area (Å²) in [6, 6.07) is 11.4. The van der Waals surface area contributed by atoms with Gasteiger partial charge in [-0.2, -0.15) is 0 Å². The Morgan fingerprint density at radius 2 is 1.52 bits per heavy atom. The monoisotopic (exact) mass is 551 g/mol. The van der Waals surface area contributed by atoms with Crippen LogP contribution in [0.4, 0.5) is 11.4 Å². The number of anilines is 2. The van der Waals surface area contributed by atoms with Crippen molar-refractivity contribution in [3.8, 4) is 0 Å². The maximum Gasteiger partial charge on any atom is 0.259 e. The highest BCUT2D eigenvalue weighted by Crippen LogP contribution is 2.37. The first-order valence-corrected chi connectivity index (χ1v) is 11.9. The molecule has 166 valence electrons. The lowest BCUT2D eigenvalue weighted by atomic mass is 9.96. The molecule has 7 heteroatoms. The summed E-state index contributed by atoms with van der Waals surface area (Å²) in [5.41, 5.74) is 6.20. The number of fused-ring (bicyclic) bond motifs is 2. The van der Waals surface area contributed by atoms with E-state index in [9.17, 15) is 0 Å². The molecular formula is C24H30IN3O2S. The van der Waals surface area contributed by atoms with Crippen molar-refractivity contribution in [3.05, 3.63) is 35.9 Å². The van der Waals surface area contributed by atoms with E-state index in [0.717, 1.165) is 70.1 Å². The van der Waals surface area contributed by atoms with Gasteiger partial charge in [-0.05, 0) is 36.1 Å². The van der Waals surface area contributed by atoms with Crippen molar-refractivity contribution in [3.63, 3.8) is 0 Å². The summed E-state index contributed by atoms with van der Waals surface area (Å²) >= 11 is 1.87. The van der Waals surface area contributed by atoms with E-state index in [4.69, 9.17) is 14.5 Å². The summed E-state index contributed by atoms with van der Waals surface area (Å²) in [6.45, 7) is 11.6. The van der Waals surface area contributed by atoms with Crippen molar-refractivity contribution in [2.24, 2.45) is 0 Å². The Morgan fingerprint density at radius 1 is 0.903 bits per heavy atom. The third-order valence-corrected chi connectivity index (χ3v) is 7.46. The van der Waals surface area contributed by atoms with Crippen molar-refractivity contribution in [1.29, 1.82) is 0 Å². The molecule has 2 saturated heterocycles. The molecule has 31 heavy (non-hydrogen) atoms. The van der Waals surface area contributed by atoms with Crippen molar-refractivity contribution in [2.75, 3.05) is 62.4 Å². The SMILES string of the molecule is CCC(C)c1cc(N2CCOCC2)cc2[s+]c3cc(N4CCOCC4)ccc3nc12.[I-]. The van der Waals surface area contributed by atoms with Crippen molar-refractivity contribution >= 4 is 43.1 Å². The lowest BCUT2D eigenvalue weighted by Gasteiger charge is -2.29. The minimum Gasteiger partial charge on any atom is -1.00 e. The molecule has 2 aliphatic rings. The van der Waals surface area contributed by atoms with Crippen LogP contribution in [0.1, 0.15) is 31.7 Å². The molecule has 2 aromatic carbocycles. The van der Waals surface area contributed by atoms with E-state index in [1.54, 1.807) is 0 Å². The first-order chi connectivity index (χ1) is 14.7. The highest BCUT2D eigenvalue weighted by Gasteiger charge is 2.23. The van der Waals surface area contributed by atoms with E-state index in [1.807, 2.05) is 11.3 Å². The van der Waals surface area contributed by atoms with Crippen molar-refractivity contribution < 1.29 is 33.5 Å². The molecule has 3 heterocycles. The van der Waals surface area contributed by atoms with Crippen LogP contribution < -0.4 is 33.8 Å². The minimum atomic E-state index is 0. The molecular weight excluding hydrogens is 521 g/mol. The van der Waals surface area contributed by atoms with Crippen LogP contribution >= 0.6 is 11.3 Å². The Morgan fingerprint density at radius 3 is 2.16 bits per heavy atom. The number of aromatic nitrogens is 1. The van der Waals surface area contributed by atoms with Crippen LogP contribution in [-0.2, 0) is 9.47 Å². The van der Waals surface area contributed by atoms with Crippen LogP contribution in [0.5, 0.6) is 0 Å². The molecule has 2 aliphatic heterocycles. The van der Waals surface area contributed by atoms with E-state index in [0.29, 0.717) is 5.92 Å². The predicted octanol–water partition coefficient (Wildman–Crippen LogP) is 1.92. The van der Waals surface area contributed by atoms with Crippen LogP contribution in [0.25, 0.3) is 20.4 Å². The molecule has 0 bridgehead atoms. The van der Waals surface area contributed by atoms with E-state index < -0.39 is 0 Å². The Bertz CT molecular complexity index is 1050. The second-order valence-corrected chi connectivity index (χ2v) is 9.34. The molecule has 2 fully saturated rings. The fraction of sp³-hybridized carbons (Fsp3) is 0.500. The second-order valence-electron chi connectivity index (χ2n) is 8.26. The van der Waals surface area contributed by atoms with Crippen molar-refractivity contribution in [2.45, 2.75) is 26.2 Å². The lowest BCUT2D eigenvalue weighted by molar-refractivity contribution is -0.00000751. The van der Waals surface area contributed by atoms with Gasteiger partial charge in [-0.25, -0.2) is 4.98 Å². The van der Waals surface area contributed by atoms with Crippen LogP contribution in [-0.4, -0.2) is 57.6 Å². The third kappa shape index (κ3) is 4.74. The Hall–Kier alpha value is -1.29. The number of ether oxygens (including phenoxy) is 2. The normalized spacial score (nSPS) is 18.3. The highest BCUT2D eigenvalue weighted by atomic mass is 127. The quantitative estimate of drug-likeness (QED) is 0.282. The van der Waals surface area contributed by atoms with Gasteiger partial charge in [0.1, 0.15) is 11.0 Å². The van der Waals surface area contributed by atoms with Gasteiger partial charge in [0.25, 0.3) is 9.40 Å². The van der Waals surface area contributed by atoms with Crippen LogP contribution in [0.2, 0.25) is 0 Å². The second kappa shape index (κ2) is 10.1. The van der Waals surface area contributed by atoms with Crippen molar-refractivity contribution in [1.82, 2.24) is 4.98 Å². The maximum atomic E-state index is 5.57. The summed E-state index contributed by atoms with van der Waals surface area (Å²) < 4.78 is 13.6. The molecule has 0 saturated carbocycles. The molecule has 0 N–H and O–H groups in total. The van der Waals surface area contributed by atoms with Gasteiger partial charge in [0.05, 0.1) is 26.4 Å². The average molecular weight is 551 g/mol. The van der Waals surface area contributed by atoms with Gasteiger partial charge in [-0.3, -0.25) is 0 Å². The van der Waals surface area contributed by atoms with Gasteiger partial charge in [-0.15, -0.1) is 0 Å². The Kier molecular flexibility index (Phi) is 7.46. The zero-order valence-corrected chi connectivity index (χ0v) is 21.2. The fourth-order valence-corrected chi connectivity index (χ4v) is 5.42. The van der Waals surface area contributed by atoms with Gasteiger partial charge in [-0.1, -0.05) is 13.8 Å². The summed E-state index contributed by atoms with van der Waals surface area (Å²) in [5.74, 6) is 0.485. The number of halogens is 1. The summed E-state index contributed by atoms with van der Waals surface area (Å²) in [4.78, 5) is 10.0. The zero-order chi connectivity index (χ0) is 20.5. The molecule has 0 spiro atoms. The number of morpholine rings is 2. The minimum absolute atomic E-state index is 0. The van der Waals surface area contributed by atoms with E-state index in [2.05, 4.69) is 54.0 Å². The fourth-order valence-electron chi connectivity index (χ4n) is 4.35. The summed E-state index contributed by atoms with van der Waals surface area (Å²) in [7, 11) is 0. The Labute approximate surface area is 205 Å². The van der Waals surface area contributed by atoms with E-state index in [-0.39, 0.29) is 24.0 Å². The predicted molar refractivity (Wildman–Crippen MR) is 126 cm³/mol. The number of hydrogen-bond acceptors (Lipinski definition) is 5. The van der Waals surface area contributed by atoms with E-state index in [1.165, 1.54) is 26.3 Å². The first-order valence-electron chi connectivity index (χ1n) is 11.1. The standard InChI is InChI=1S/C24H30N3O2S.HI/c1-3-17(2)20-14-19(27-8-12-29-13-9-27)16-23-24(20)25-21-5-4-18(15-22(21)30-23)26-6-10-28-11-7-26;/h4-5,14-17H,3,6-13H2,1-2H3;1H/q+1;/p-1. The highest BCUT2D eigenvalue weighted by molar-refractivity contribution is 7.24. The molecule has 1 unspecified atom stereocenters. The lowest BCUT2D eigenvalue weighted by Crippen LogP contribution is -3.00. The molecule has 0 aliphatic carbocycles. The largest absolute Gasteiger partial charge is 1.00 e. The molecule has 0 radical (unpaired) electrons. The number of hydrogen-bond donors (Lipinski definition) is 0. The van der Waals surface area contributed by atoms with Gasteiger partial charge in [0.2, 0.25) is 11.3 Å². The van der Waals surface area contributed by atoms with Crippen LogP contribution in [0.15, 0.2) is 30.3 Å². The van der Waals surface area contributed by atoms with Gasteiger partial charge in [0.15, 0.2) is 0 Å². The molecule has 3 aromatic rings. The zero-order valence-electron chi connectivity index (χ0n) is 18.3. The van der Waals surface area contributed by atoms with Gasteiger partial charge >= 0.3 is 0 Å². The number of rotatable bonds is 4. The summed E-state index contributed by atoms with van der Waals surface area (Å²) in [5, 5.41) is 0. The number of nitrogens with zero attached hydrogens (tertiary/aromatic N) is 3. The third-order valence-electron chi connectivity index (χ3n) is 6.38.